The minimum absolute atomic E-state index is 0.0166. The first-order chi connectivity index (χ1) is 12.7. The Labute approximate surface area is 159 Å². The summed E-state index contributed by atoms with van der Waals surface area (Å²) in [4.78, 5) is 23.0. The summed E-state index contributed by atoms with van der Waals surface area (Å²) in [5.74, 6) is -1.37. The van der Waals surface area contributed by atoms with Crippen LogP contribution in [-0.2, 0) is 20.4 Å². The number of hydrogen-bond donors (Lipinski definition) is 2. The van der Waals surface area contributed by atoms with Crippen LogP contribution in [0.3, 0.4) is 0 Å². The van der Waals surface area contributed by atoms with E-state index in [1.54, 1.807) is 55.5 Å². The maximum absolute atomic E-state index is 12.5. The fraction of sp³-hybridized carbons (Fsp3) is 0.300. The first-order valence-electron chi connectivity index (χ1n) is 8.58. The lowest BCUT2D eigenvalue weighted by Gasteiger charge is -2.13. The smallest absolute Gasteiger partial charge is 0.303 e. The molecule has 144 valence electrons. The zero-order valence-corrected chi connectivity index (χ0v) is 16.1. The Bertz CT molecular complexity index is 902. The number of rotatable bonds is 8. The minimum Gasteiger partial charge on any atom is -0.481 e. The van der Waals surface area contributed by atoms with Gasteiger partial charge in [-0.25, -0.2) is 8.42 Å². The van der Waals surface area contributed by atoms with Crippen LogP contribution in [0.4, 0.5) is 0 Å². The molecular formula is C20H23NO5S. The molecule has 0 aromatic heterocycles. The molecule has 2 rings (SSSR count). The van der Waals surface area contributed by atoms with Gasteiger partial charge in [-0.2, -0.15) is 0 Å². The number of carboxylic acids is 1. The quantitative estimate of drug-likeness (QED) is 0.723. The molecule has 0 fully saturated rings. The number of carbonyl (C=O) groups is 2. The monoisotopic (exact) mass is 389 g/mol. The van der Waals surface area contributed by atoms with Gasteiger partial charge in [0.2, 0.25) is 0 Å². The van der Waals surface area contributed by atoms with Crippen molar-refractivity contribution in [3.05, 3.63) is 65.2 Å². The van der Waals surface area contributed by atoms with Gasteiger partial charge in [-0.05, 0) is 50.1 Å². The summed E-state index contributed by atoms with van der Waals surface area (Å²) in [6.45, 7) is 3.63. The highest BCUT2D eigenvalue weighted by molar-refractivity contribution is 7.90. The number of aliphatic carboxylic acids is 1. The Balaban J connectivity index is 2.01. The van der Waals surface area contributed by atoms with Crippen molar-refractivity contribution in [2.75, 3.05) is 0 Å². The molecule has 0 radical (unpaired) electrons. The number of carbonyl (C=O) groups excluding carboxylic acids is 1. The molecule has 2 N–H and O–H groups in total. The average Bonchev–Trinajstić information content (AvgIpc) is 2.60. The van der Waals surface area contributed by atoms with Crippen molar-refractivity contribution in [3.63, 3.8) is 0 Å². The molecule has 7 heteroatoms. The molecular weight excluding hydrogens is 366 g/mol. The fourth-order valence-corrected chi connectivity index (χ4v) is 3.87. The number of amides is 1. The van der Waals surface area contributed by atoms with Gasteiger partial charge in [-0.15, -0.1) is 0 Å². The number of sulfone groups is 1. The third-order valence-electron chi connectivity index (χ3n) is 4.12. The summed E-state index contributed by atoms with van der Waals surface area (Å²) >= 11 is 0. The predicted molar refractivity (Wildman–Crippen MR) is 102 cm³/mol. The van der Waals surface area contributed by atoms with Crippen molar-refractivity contribution < 1.29 is 23.1 Å². The lowest BCUT2D eigenvalue weighted by molar-refractivity contribution is -0.137. The van der Waals surface area contributed by atoms with Gasteiger partial charge in [-0.3, -0.25) is 9.59 Å². The van der Waals surface area contributed by atoms with Crippen molar-refractivity contribution in [1.29, 1.82) is 0 Å². The summed E-state index contributed by atoms with van der Waals surface area (Å²) < 4.78 is 25.0. The maximum Gasteiger partial charge on any atom is 0.303 e. The number of hydrogen-bond acceptors (Lipinski definition) is 4. The molecule has 1 amide bonds. The summed E-state index contributed by atoms with van der Waals surface area (Å²) in [7, 11) is -3.45. The van der Waals surface area contributed by atoms with Gasteiger partial charge < -0.3 is 10.4 Å². The SMILES string of the molecule is Cc1ccc(S(=O)(=O)Cc2ccc(C(=O)NC(C)CCC(=O)O)cc2)cc1. The Kier molecular flexibility index (Phi) is 6.74. The number of nitrogens with one attached hydrogen (secondary N) is 1. The zero-order valence-electron chi connectivity index (χ0n) is 15.3. The second kappa shape index (κ2) is 8.81. The van der Waals surface area contributed by atoms with E-state index >= 15 is 0 Å². The van der Waals surface area contributed by atoms with Crippen LogP contribution in [-0.4, -0.2) is 31.4 Å². The van der Waals surface area contributed by atoms with Crippen molar-refractivity contribution >= 4 is 21.7 Å². The largest absolute Gasteiger partial charge is 0.481 e. The lowest BCUT2D eigenvalue weighted by Crippen LogP contribution is -2.32. The summed E-state index contributed by atoms with van der Waals surface area (Å²) in [5.41, 5.74) is 1.97. The van der Waals surface area contributed by atoms with Crippen molar-refractivity contribution in [2.24, 2.45) is 0 Å². The van der Waals surface area contributed by atoms with Crippen molar-refractivity contribution in [2.45, 2.75) is 43.4 Å². The Morgan fingerprint density at radius 1 is 1.04 bits per heavy atom. The van der Waals surface area contributed by atoms with Crippen LogP contribution in [0.1, 0.15) is 41.3 Å². The van der Waals surface area contributed by atoms with Crippen LogP contribution in [0, 0.1) is 6.92 Å². The Hall–Kier alpha value is -2.67. The van der Waals surface area contributed by atoms with Crippen LogP contribution in [0.25, 0.3) is 0 Å². The normalized spacial score (nSPS) is 12.4. The third-order valence-corrected chi connectivity index (χ3v) is 5.83. The second-order valence-corrected chi connectivity index (χ2v) is 8.57. The number of benzene rings is 2. The first kappa shape index (κ1) is 20.6. The van der Waals surface area contributed by atoms with E-state index in [4.69, 9.17) is 5.11 Å². The van der Waals surface area contributed by atoms with Gasteiger partial charge in [0.25, 0.3) is 5.91 Å². The highest BCUT2D eigenvalue weighted by Gasteiger charge is 2.16. The molecule has 0 aliphatic heterocycles. The van der Waals surface area contributed by atoms with Crippen LogP contribution in [0.15, 0.2) is 53.4 Å². The molecule has 1 atom stereocenters. The first-order valence-corrected chi connectivity index (χ1v) is 10.2. The molecule has 0 aliphatic rings. The lowest BCUT2D eigenvalue weighted by atomic mass is 10.1. The molecule has 0 bridgehead atoms. The maximum atomic E-state index is 12.5. The Morgan fingerprint density at radius 2 is 1.63 bits per heavy atom. The van der Waals surface area contributed by atoms with Gasteiger partial charge in [0.1, 0.15) is 0 Å². The van der Waals surface area contributed by atoms with E-state index in [1.807, 2.05) is 6.92 Å². The van der Waals surface area contributed by atoms with Gasteiger partial charge >= 0.3 is 5.97 Å². The number of carboxylic acid groups (broad SMARTS) is 1. The van der Waals surface area contributed by atoms with Gasteiger partial charge in [0, 0.05) is 18.0 Å². The van der Waals surface area contributed by atoms with E-state index in [0.29, 0.717) is 17.5 Å². The van der Waals surface area contributed by atoms with E-state index in [-0.39, 0.29) is 29.0 Å². The van der Waals surface area contributed by atoms with Crippen LogP contribution < -0.4 is 5.32 Å². The van der Waals surface area contributed by atoms with E-state index in [9.17, 15) is 18.0 Å². The van der Waals surface area contributed by atoms with Crippen LogP contribution >= 0.6 is 0 Å². The highest BCUT2D eigenvalue weighted by Crippen LogP contribution is 2.17. The van der Waals surface area contributed by atoms with Gasteiger partial charge in [-0.1, -0.05) is 29.8 Å². The predicted octanol–water partition coefficient (Wildman–Crippen LogP) is 2.95. The van der Waals surface area contributed by atoms with E-state index in [2.05, 4.69) is 5.32 Å². The van der Waals surface area contributed by atoms with Crippen LogP contribution in [0.2, 0.25) is 0 Å². The molecule has 0 aliphatic carbocycles. The average molecular weight is 389 g/mol. The molecule has 0 saturated heterocycles. The molecule has 0 heterocycles. The third kappa shape index (κ3) is 6.21. The summed E-state index contributed by atoms with van der Waals surface area (Å²) in [6, 6.07) is 12.8. The topological polar surface area (TPSA) is 101 Å². The van der Waals surface area contributed by atoms with E-state index < -0.39 is 15.8 Å². The molecule has 6 nitrogen and oxygen atoms in total. The molecule has 27 heavy (non-hydrogen) atoms. The number of aryl methyl sites for hydroxylation is 1. The molecule has 0 saturated carbocycles. The van der Waals surface area contributed by atoms with E-state index in [0.717, 1.165) is 5.56 Å². The summed E-state index contributed by atoms with van der Waals surface area (Å²) in [6.07, 6.45) is 0.325. The van der Waals surface area contributed by atoms with Gasteiger partial charge in [0.15, 0.2) is 9.84 Å². The fourth-order valence-electron chi connectivity index (χ4n) is 2.52. The van der Waals surface area contributed by atoms with E-state index in [1.165, 1.54) is 0 Å². The minimum atomic E-state index is -3.45. The molecule has 2 aromatic rings. The van der Waals surface area contributed by atoms with Crippen LogP contribution in [0.5, 0.6) is 0 Å². The Morgan fingerprint density at radius 3 is 2.19 bits per heavy atom. The molecule has 2 aromatic carbocycles. The van der Waals surface area contributed by atoms with Crippen molar-refractivity contribution in [1.82, 2.24) is 5.32 Å². The second-order valence-electron chi connectivity index (χ2n) is 6.58. The molecule has 1 unspecified atom stereocenters. The standard InChI is InChI=1S/C20H23NO5S/c1-14-3-10-18(11-4-14)27(25,26)13-16-6-8-17(9-7-16)20(24)21-15(2)5-12-19(22)23/h3-4,6-11,15H,5,12-13H2,1-2H3,(H,21,24)(H,22,23). The molecule has 0 spiro atoms. The summed E-state index contributed by atoms with van der Waals surface area (Å²) in [5, 5.41) is 11.4. The zero-order chi connectivity index (χ0) is 20.0. The van der Waals surface area contributed by atoms with Gasteiger partial charge in [0.05, 0.1) is 10.6 Å². The highest BCUT2D eigenvalue weighted by atomic mass is 32.2. The van der Waals surface area contributed by atoms with Crippen molar-refractivity contribution in [3.8, 4) is 0 Å².